The SMILES string of the molecule is CC(C)C(N)C(=O)O[C@H](COC(=O)[C@@H](N)C(C)C)COc1ccc(-c2c(C#N)c(N)nc(SCc3coc(-c4ccc(Cl)cc4)n3)c2C#N)cc1.O=C(O)C(F)(F)F.O=C(O)C(F)(F)F. The van der Waals surface area contributed by atoms with Crippen LogP contribution in [0.5, 0.6) is 5.75 Å². The molecule has 0 bridgehead atoms. The number of nitrogens with two attached hydrogens (primary N) is 3. The molecule has 4 aromatic rings. The van der Waals surface area contributed by atoms with Crippen LogP contribution in [0.2, 0.25) is 5.02 Å². The smallest absolute Gasteiger partial charge is 0.490 e. The van der Waals surface area contributed by atoms with E-state index in [2.05, 4.69) is 22.1 Å². The summed E-state index contributed by atoms with van der Waals surface area (Å²) >= 11 is 7.21. The quantitative estimate of drug-likeness (QED) is 0.0468. The van der Waals surface area contributed by atoms with Gasteiger partial charge in [-0.25, -0.2) is 19.6 Å². The Bertz CT molecular complexity index is 2330. The van der Waals surface area contributed by atoms with Gasteiger partial charge >= 0.3 is 36.2 Å². The molecule has 0 aliphatic carbocycles. The zero-order valence-electron chi connectivity index (χ0n) is 34.4. The van der Waals surface area contributed by atoms with Gasteiger partial charge in [0.2, 0.25) is 5.89 Å². The first-order valence-electron chi connectivity index (χ1n) is 18.4. The lowest BCUT2D eigenvalue weighted by molar-refractivity contribution is -0.193. The number of aromatic nitrogens is 2. The fourth-order valence-electron chi connectivity index (χ4n) is 4.51. The number of alkyl halides is 6. The van der Waals surface area contributed by atoms with Crippen molar-refractivity contribution in [1.29, 1.82) is 10.5 Å². The molecule has 17 nitrogen and oxygen atoms in total. The molecule has 2 aromatic carbocycles. The summed E-state index contributed by atoms with van der Waals surface area (Å²) in [4.78, 5) is 51.7. The number of anilines is 1. The van der Waals surface area contributed by atoms with Crippen LogP contribution in [-0.2, 0) is 34.4 Å². The van der Waals surface area contributed by atoms with Crippen LogP contribution in [0.3, 0.4) is 0 Å². The van der Waals surface area contributed by atoms with Gasteiger partial charge in [0.25, 0.3) is 0 Å². The average molecular weight is 960 g/mol. The number of pyridine rings is 1. The minimum Gasteiger partial charge on any atom is -0.490 e. The van der Waals surface area contributed by atoms with Crippen LogP contribution < -0.4 is 21.9 Å². The molecule has 2 heterocycles. The van der Waals surface area contributed by atoms with Gasteiger partial charge in [-0.15, -0.1) is 0 Å². The molecule has 2 aromatic heterocycles. The molecule has 65 heavy (non-hydrogen) atoms. The van der Waals surface area contributed by atoms with E-state index in [1.54, 1.807) is 76.2 Å². The van der Waals surface area contributed by atoms with E-state index in [1.807, 2.05) is 0 Å². The van der Waals surface area contributed by atoms with Crippen molar-refractivity contribution in [3.63, 3.8) is 0 Å². The number of hydrogen-bond donors (Lipinski definition) is 5. The standard InChI is InChI=1S/C36H38ClN7O6S.2C2HF3O2/c1-19(2)30(40)35(45)49-17-26(50-36(46)31(41)20(3)4)16-47-25-11-7-21(8-12-25)29-27(13-38)32(42)44-34(28(29)14-39)51-18-24-15-48-33(43-24)22-5-9-23(37)10-6-22;2*3-2(4,5)1(6)7/h5-12,15,19-20,26,30-31H,16-18,40-41H2,1-4H3,(H2,42,44);2*(H,6,7)/t26-,30-,31?;;/m0../s1. The fourth-order valence-corrected chi connectivity index (χ4v) is 5.51. The molecule has 0 spiro atoms. The molecule has 0 aliphatic heterocycles. The molecule has 25 heteroatoms. The van der Waals surface area contributed by atoms with Crippen molar-refractivity contribution < 1.29 is 74.4 Å². The van der Waals surface area contributed by atoms with Gasteiger partial charge in [-0.1, -0.05) is 63.2 Å². The van der Waals surface area contributed by atoms with Crippen LogP contribution in [0.1, 0.15) is 44.5 Å². The summed E-state index contributed by atoms with van der Waals surface area (Å²) < 4.78 is 85.8. The second kappa shape index (κ2) is 24.5. The Kier molecular flexibility index (Phi) is 20.5. The molecule has 3 atom stereocenters. The number of aliphatic carboxylic acids is 2. The van der Waals surface area contributed by atoms with Gasteiger partial charge in [-0.3, -0.25) is 9.59 Å². The molecule has 8 N–H and O–H groups in total. The summed E-state index contributed by atoms with van der Waals surface area (Å²) in [7, 11) is 0. The second-order valence-corrected chi connectivity index (χ2v) is 15.2. The van der Waals surface area contributed by atoms with Gasteiger partial charge in [0.15, 0.2) is 6.10 Å². The van der Waals surface area contributed by atoms with Gasteiger partial charge in [0.1, 0.15) is 65.9 Å². The number of nitriles is 2. The van der Waals surface area contributed by atoms with E-state index in [0.29, 0.717) is 44.3 Å². The average Bonchev–Trinajstić information content (AvgIpc) is 3.72. The molecule has 0 radical (unpaired) electrons. The Labute approximate surface area is 375 Å². The topological polar surface area (TPSA) is 301 Å². The van der Waals surface area contributed by atoms with E-state index in [9.17, 15) is 46.5 Å². The van der Waals surface area contributed by atoms with Crippen molar-refractivity contribution in [2.75, 3.05) is 18.9 Å². The van der Waals surface area contributed by atoms with E-state index >= 15 is 0 Å². The monoisotopic (exact) mass is 959 g/mol. The van der Waals surface area contributed by atoms with Gasteiger partial charge in [-0.2, -0.15) is 36.9 Å². The molecule has 1 unspecified atom stereocenters. The number of nitrogen functional groups attached to an aromatic ring is 1. The van der Waals surface area contributed by atoms with Crippen LogP contribution in [-0.4, -0.2) is 87.8 Å². The maximum absolute atomic E-state index is 12.6. The lowest BCUT2D eigenvalue weighted by Gasteiger charge is -2.23. The number of carboxylic acid groups (broad SMARTS) is 2. The molecular weight excluding hydrogens is 920 g/mol. The number of thioether (sulfide) groups is 1. The highest BCUT2D eigenvalue weighted by atomic mass is 35.5. The number of nitrogens with zero attached hydrogens (tertiary/aromatic N) is 4. The van der Waals surface area contributed by atoms with Crippen molar-refractivity contribution in [3.8, 4) is 40.5 Å². The lowest BCUT2D eigenvalue weighted by Crippen LogP contribution is -2.43. The summed E-state index contributed by atoms with van der Waals surface area (Å²) in [5, 5.41) is 35.4. The van der Waals surface area contributed by atoms with E-state index in [-0.39, 0.29) is 42.0 Å². The van der Waals surface area contributed by atoms with Crippen LogP contribution in [0.15, 0.2) is 64.2 Å². The van der Waals surface area contributed by atoms with Gasteiger partial charge in [-0.05, 0) is 53.8 Å². The maximum Gasteiger partial charge on any atom is 0.490 e. The van der Waals surface area contributed by atoms with E-state index in [4.69, 9.17) is 67.2 Å². The normalized spacial score (nSPS) is 12.5. The first-order valence-corrected chi connectivity index (χ1v) is 19.8. The first kappa shape index (κ1) is 54.5. The predicted molar refractivity (Wildman–Crippen MR) is 219 cm³/mol. The highest BCUT2D eigenvalue weighted by Crippen LogP contribution is 2.37. The molecule has 0 saturated carbocycles. The van der Waals surface area contributed by atoms with Crippen LogP contribution in [0.25, 0.3) is 22.6 Å². The number of hydrogen-bond acceptors (Lipinski definition) is 16. The number of rotatable bonds is 15. The molecule has 0 amide bonds. The second-order valence-electron chi connectivity index (χ2n) is 13.8. The Balaban J connectivity index is 0.000000894. The zero-order valence-corrected chi connectivity index (χ0v) is 36.0. The van der Waals surface area contributed by atoms with E-state index < -0.39 is 54.4 Å². The third-order valence-corrected chi connectivity index (χ3v) is 9.42. The summed E-state index contributed by atoms with van der Waals surface area (Å²) in [6, 6.07) is 16.1. The number of carbonyl (C=O) groups is 4. The Hall–Kier alpha value is -6.60. The first-order chi connectivity index (χ1) is 30.2. The molecule has 4 rings (SSSR count). The number of esters is 2. The van der Waals surface area contributed by atoms with Crippen LogP contribution in [0.4, 0.5) is 32.2 Å². The number of carboxylic acids is 2. The molecule has 0 saturated heterocycles. The predicted octanol–water partition coefficient (Wildman–Crippen LogP) is 6.74. The summed E-state index contributed by atoms with van der Waals surface area (Å²) in [6.45, 7) is 6.67. The lowest BCUT2D eigenvalue weighted by atomic mass is 9.97. The Morgan fingerprint density at radius 2 is 1.29 bits per heavy atom. The van der Waals surface area contributed by atoms with Crippen molar-refractivity contribution in [2.24, 2.45) is 23.3 Å². The maximum atomic E-state index is 12.6. The zero-order chi connectivity index (χ0) is 49.4. The molecule has 0 aliphatic rings. The number of halogens is 7. The van der Waals surface area contributed by atoms with E-state index in [0.717, 1.165) is 5.56 Å². The molecule has 350 valence electrons. The third kappa shape index (κ3) is 17.1. The van der Waals surface area contributed by atoms with Crippen molar-refractivity contribution >= 4 is 53.1 Å². The number of carbonyl (C=O) groups excluding carboxylic acids is 2. The number of oxazole rings is 1. The van der Waals surface area contributed by atoms with Crippen molar-refractivity contribution in [1.82, 2.24) is 9.97 Å². The largest absolute Gasteiger partial charge is 0.490 e. The molecular formula is C40H40ClF6N7O10S. The summed E-state index contributed by atoms with van der Waals surface area (Å²) in [5.41, 5.74) is 20.5. The summed E-state index contributed by atoms with van der Waals surface area (Å²) in [6.07, 6.45) is -9.63. The van der Waals surface area contributed by atoms with E-state index in [1.165, 1.54) is 18.0 Å². The Morgan fingerprint density at radius 3 is 1.77 bits per heavy atom. The highest BCUT2D eigenvalue weighted by molar-refractivity contribution is 7.98. The van der Waals surface area contributed by atoms with Crippen molar-refractivity contribution in [2.45, 2.75) is 69.0 Å². The van der Waals surface area contributed by atoms with Gasteiger partial charge in [0, 0.05) is 21.9 Å². The summed E-state index contributed by atoms with van der Waals surface area (Å²) in [5.74, 6) is -6.10. The highest BCUT2D eigenvalue weighted by Gasteiger charge is 2.39. The number of benzene rings is 2. The van der Waals surface area contributed by atoms with Crippen molar-refractivity contribution in [3.05, 3.63) is 76.6 Å². The fraction of sp³-hybridized carbons (Fsp3) is 0.350. The van der Waals surface area contributed by atoms with Gasteiger partial charge < -0.3 is 46.0 Å². The minimum atomic E-state index is -5.08. The third-order valence-electron chi connectivity index (χ3n) is 8.15. The van der Waals surface area contributed by atoms with Crippen LogP contribution >= 0.6 is 23.4 Å². The molecule has 0 fully saturated rings. The Morgan fingerprint density at radius 1 is 0.800 bits per heavy atom. The minimum absolute atomic E-state index is 0.0349. The number of ether oxygens (including phenoxy) is 3. The van der Waals surface area contributed by atoms with Gasteiger partial charge in [0.05, 0.1) is 11.3 Å². The van der Waals surface area contributed by atoms with Crippen LogP contribution in [0, 0.1) is 34.5 Å².